The fourth-order valence-corrected chi connectivity index (χ4v) is 3.97. The number of carboxylic acid groups (broad SMARTS) is 1. The van der Waals surface area contributed by atoms with Crippen molar-refractivity contribution < 1.29 is 42.1 Å². The molecule has 8 nitrogen and oxygen atoms in total. The van der Waals surface area contributed by atoms with Crippen LogP contribution in [0.1, 0.15) is 5.56 Å². The third kappa shape index (κ3) is 5.14. The van der Waals surface area contributed by atoms with Crippen LogP contribution in [0.25, 0.3) is 0 Å². The molecule has 4 rings (SSSR count). The molecule has 0 unspecified atom stereocenters. The Labute approximate surface area is 170 Å². The lowest BCUT2D eigenvalue weighted by Gasteiger charge is -2.31. The van der Waals surface area contributed by atoms with E-state index in [1.165, 1.54) is 5.56 Å². The maximum absolute atomic E-state index is 12.1. The third-order valence-corrected chi connectivity index (χ3v) is 5.38. The lowest BCUT2D eigenvalue weighted by Crippen LogP contribution is -2.43. The van der Waals surface area contributed by atoms with E-state index in [0.29, 0.717) is 25.2 Å². The van der Waals surface area contributed by atoms with E-state index in [9.17, 15) is 18.0 Å². The van der Waals surface area contributed by atoms with E-state index < -0.39 is 12.1 Å². The zero-order valence-electron chi connectivity index (χ0n) is 16.3. The molecule has 3 aliphatic rings. The molecule has 11 heteroatoms. The molecule has 30 heavy (non-hydrogen) atoms. The summed E-state index contributed by atoms with van der Waals surface area (Å²) in [5, 5.41) is 9.90. The molecule has 1 aromatic rings. The van der Waals surface area contributed by atoms with Gasteiger partial charge in [-0.3, -0.25) is 9.69 Å². The summed E-state index contributed by atoms with van der Waals surface area (Å²) in [5.41, 5.74) is 1.21. The summed E-state index contributed by atoms with van der Waals surface area (Å²) in [7, 11) is 1.70. The second-order valence-corrected chi connectivity index (χ2v) is 7.37. The van der Waals surface area contributed by atoms with Crippen molar-refractivity contribution in [1.29, 1.82) is 0 Å². The Morgan fingerprint density at radius 2 is 1.90 bits per heavy atom. The Morgan fingerprint density at radius 3 is 2.57 bits per heavy atom. The van der Waals surface area contributed by atoms with E-state index in [4.69, 9.17) is 24.1 Å². The van der Waals surface area contributed by atoms with Gasteiger partial charge in [-0.1, -0.05) is 6.07 Å². The number of aliphatic carboxylic acids is 1. The van der Waals surface area contributed by atoms with Crippen LogP contribution in [-0.4, -0.2) is 68.2 Å². The van der Waals surface area contributed by atoms with Gasteiger partial charge in [-0.05, 0) is 29.5 Å². The topological polar surface area (TPSA) is 97.3 Å². The van der Waals surface area contributed by atoms with E-state index in [1.54, 1.807) is 7.05 Å². The van der Waals surface area contributed by atoms with Crippen molar-refractivity contribution in [3.05, 3.63) is 23.8 Å². The Hall–Kier alpha value is -2.53. The van der Waals surface area contributed by atoms with Crippen LogP contribution in [0.15, 0.2) is 18.2 Å². The highest BCUT2D eigenvalue weighted by Gasteiger charge is 2.43. The number of benzene rings is 1. The number of carboxylic acids is 1. The molecule has 0 aliphatic carbocycles. The summed E-state index contributed by atoms with van der Waals surface area (Å²) in [5.74, 6) is -0.210. The number of halogens is 3. The lowest BCUT2D eigenvalue weighted by molar-refractivity contribution is -0.192. The Balaban J connectivity index is 0.000000318. The van der Waals surface area contributed by atoms with Gasteiger partial charge in [0.15, 0.2) is 11.5 Å². The average Bonchev–Trinajstić information content (AvgIpc) is 3.32. The largest absolute Gasteiger partial charge is 0.490 e. The van der Waals surface area contributed by atoms with Crippen molar-refractivity contribution in [2.24, 2.45) is 17.8 Å². The van der Waals surface area contributed by atoms with Gasteiger partial charge in [-0.2, -0.15) is 13.2 Å². The number of nitrogens with one attached hydrogen (secondary N) is 1. The monoisotopic (exact) mass is 432 g/mol. The van der Waals surface area contributed by atoms with E-state index in [-0.39, 0.29) is 11.8 Å². The first-order chi connectivity index (χ1) is 14.2. The predicted molar refractivity (Wildman–Crippen MR) is 96.9 cm³/mol. The molecular formula is C19H23F3N2O6. The van der Waals surface area contributed by atoms with Crippen molar-refractivity contribution in [2.45, 2.75) is 12.7 Å². The molecule has 3 heterocycles. The SMILES string of the molecule is CNC(=O)[C@@H]1COC[C@H]2CN(Cc3ccc4c(c3)OCO4)C[C@H]21.O=C(O)C(F)(F)F. The molecule has 0 aromatic heterocycles. The molecule has 0 spiro atoms. The molecule has 2 N–H and O–H groups in total. The number of ether oxygens (including phenoxy) is 3. The van der Waals surface area contributed by atoms with E-state index in [1.807, 2.05) is 6.07 Å². The minimum Gasteiger partial charge on any atom is -0.475 e. The highest BCUT2D eigenvalue weighted by atomic mass is 19.4. The van der Waals surface area contributed by atoms with Crippen LogP contribution in [0, 0.1) is 17.8 Å². The quantitative estimate of drug-likeness (QED) is 0.747. The number of alkyl halides is 3. The minimum atomic E-state index is -5.08. The van der Waals surface area contributed by atoms with Crippen LogP contribution in [0.4, 0.5) is 13.2 Å². The third-order valence-electron chi connectivity index (χ3n) is 5.38. The van der Waals surface area contributed by atoms with Gasteiger partial charge in [-0.15, -0.1) is 0 Å². The molecule has 1 aromatic carbocycles. The highest BCUT2D eigenvalue weighted by molar-refractivity contribution is 5.79. The Morgan fingerprint density at radius 1 is 1.20 bits per heavy atom. The first-order valence-electron chi connectivity index (χ1n) is 9.39. The number of rotatable bonds is 3. The van der Waals surface area contributed by atoms with E-state index >= 15 is 0 Å². The van der Waals surface area contributed by atoms with Crippen molar-refractivity contribution in [2.75, 3.05) is 40.1 Å². The highest BCUT2D eigenvalue weighted by Crippen LogP contribution is 2.36. The van der Waals surface area contributed by atoms with Crippen molar-refractivity contribution in [3.63, 3.8) is 0 Å². The maximum Gasteiger partial charge on any atom is 0.490 e. The zero-order chi connectivity index (χ0) is 21.9. The summed E-state index contributed by atoms with van der Waals surface area (Å²) >= 11 is 0. The van der Waals surface area contributed by atoms with Crippen LogP contribution >= 0.6 is 0 Å². The van der Waals surface area contributed by atoms with Gasteiger partial charge in [-0.25, -0.2) is 4.79 Å². The molecular weight excluding hydrogens is 409 g/mol. The normalized spacial score (nSPS) is 25.1. The smallest absolute Gasteiger partial charge is 0.475 e. The van der Waals surface area contributed by atoms with Gasteiger partial charge in [0.1, 0.15) is 0 Å². The van der Waals surface area contributed by atoms with Gasteiger partial charge in [0.25, 0.3) is 0 Å². The van der Waals surface area contributed by atoms with Crippen LogP contribution in [0.3, 0.4) is 0 Å². The van der Waals surface area contributed by atoms with Gasteiger partial charge in [0, 0.05) is 26.7 Å². The number of fused-ring (bicyclic) bond motifs is 2. The van der Waals surface area contributed by atoms with Crippen molar-refractivity contribution in [1.82, 2.24) is 10.2 Å². The van der Waals surface area contributed by atoms with Crippen LogP contribution in [0.2, 0.25) is 0 Å². The van der Waals surface area contributed by atoms with Crippen molar-refractivity contribution in [3.8, 4) is 11.5 Å². The van der Waals surface area contributed by atoms with Gasteiger partial charge < -0.3 is 24.6 Å². The molecule has 3 atom stereocenters. The fourth-order valence-electron chi connectivity index (χ4n) is 3.97. The number of nitrogens with zero attached hydrogens (tertiary/aromatic N) is 1. The average molecular weight is 432 g/mol. The molecule has 166 valence electrons. The number of hydrogen-bond acceptors (Lipinski definition) is 6. The second-order valence-electron chi connectivity index (χ2n) is 7.37. The maximum atomic E-state index is 12.1. The molecule has 1 amide bonds. The summed E-state index contributed by atoms with van der Waals surface area (Å²) in [6.07, 6.45) is -5.08. The number of likely N-dealkylation sites (tertiary alicyclic amines) is 1. The summed E-state index contributed by atoms with van der Waals surface area (Å²) in [4.78, 5) is 23.4. The van der Waals surface area contributed by atoms with Crippen LogP contribution in [0.5, 0.6) is 11.5 Å². The summed E-state index contributed by atoms with van der Waals surface area (Å²) < 4.78 is 48.2. The molecule has 0 bridgehead atoms. The second kappa shape index (κ2) is 9.09. The van der Waals surface area contributed by atoms with Gasteiger partial charge in [0.05, 0.1) is 19.1 Å². The standard InChI is InChI=1S/C17H22N2O4.C2HF3O2/c1-18-17(20)14-9-21-8-12-6-19(7-13(12)14)5-11-2-3-15-16(4-11)23-10-22-15;3-2(4,5)1(6)7/h2-4,12-14H,5-10H2,1H3,(H,18,20);(H,6,7)/t12-,13-,14-;/m1./s1. The molecule has 2 fully saturated rings. The van der Waals surface area contributed by atoms with Crippen LogP contribution < -0.4 is 14.8 Å². The molecule has 0 radical (unpaired) electrons. The molecule has 0 saturated carbocycles. The van der Waals surface area contributed by atoms with Gasteiger partial charge >= 0.3 is 12.1 Å². The summed E-state index contributed by atoms with van der Waals surface area (Å²) in [6, 6.07) is 6.11. The predicted octanol–water partition coefficient (Wildman–Crippen LogP) is 1.49. The lowest BCUT2D eigenvalue weighted by atomic mass is 9.82. The number of hydrogen-bond donors (Lipinski definition) is 2. The zero-order valence-corrected chi connectivity index (χ0v) is 16.3. The minimum absolute atomic E-state index is 0.0273. The number of carbonyl (C=O) groups is 2. The number of carbonyl (C=O) groups excluding carboxylic acids is 1. The first kappa shape index (κ1) is 22.2. The first-order valence-corrected chi connectivity index (χ1v) is 9.39. The van der Waals surface area contributed by atoms with Crippen LogP contribution in [-0.2, 0) is 20.9 Å². The van der Waals surface area contributed by atoms with E-state index in [2.05, 4.69) is 22.3 Å². The number of amides is 1. The van der Waals surface area contributed by atoms with E-state index in [0.717, 1.165) is 37.7 Å². The molecule has 2 saturated heterocycles. The Kier molecular flexibility index (Phi) is 6.71. The Bertz CT molecular complexity index is 788. The van der Waals surface area contributed by atoms with Crippen molar-refractivity contribution >= 4 is 11.9 Å². The summed E-state index contributed by atoms with van der Waals surface area (Å²) in [6.45, 7) is 4.39. The fraction of sp³-hybridized carbons (Fsp3) is 0.579. The van der Waals surface area contributed by atoms with Gasteiger partial charge in [0.2, 0.25) is 12.7 Å². The molecule has 3 aliphatic heterocycles.